The molecule has 0 unspecified atom stereocenters. The van der Waals surface area contributed by atoms with E-state index in [1.54, 1.807) is 12.1 Å². The predicted octanol–water partition coefficient (Wildman–Crippen LogP) is 3.25. The van der Waals surface area contributed by atoms with E-state index < -0.39 is 15.8 Å². The zero-order valence-corrected chi connectivity index (χ0v) is 12.4. The normalized spacial score (nSPS) is 13.6. The first-order chi connectivity index (χ1) is 9.95. The fraction of sp³-hybridized carbons (Fsp3) is 0.143. The SMILES string of the molecule is O=S(=O)(Nc1ccc2c(c1)CCN2)c1cc(F)ccc1Cl. The minimum atomic E-state index is -3.93. The van der Waals surface area contributed by atoms with Crippen LogP contribution in [0.5, 0.6) is 0 Å². The van der Waals surface area contributed by atoms with E-state index in [9.17, 15) is 12.8 Å². The van der Waals surface area contributed by atoms with Gasteiger partial charge in [0.1, 0.15) is 10.7 Å². The maximum Gasteiger partial charge on any atom is 0.263 e. The molecule has 0 aromatic heterocycles. The van der Waals surface area contributed by atoms with Crippen molar-refractivity contribution in [2.75, 3.05) is 16.6 Å². The van der Waals surface area contributed by atoms with Gasteiger partial charge in [-0.15, -0.1) is 0 Å². The molecule has 0 aliphatic carbocycles. The summed E-state index contributed by atoms with van der Waals surface area (Å²) >= 11 is 5.84. The van der Waals surface area contributed by atoms with Crippen molar-refractivity contribution in [2.24, 2.45) is 0 Å². The van der Waals surface area contributed by atoms with Crippen molar-refractivity contribution in [3.8, 4) is 0 Å². The number of fused-ring (bicyclic) bond motifs is 1. The maximum atomic E-state index is 13.2. The minimum absolute atomic E-state index is 0.0215. The van der Waals surface area contributed by atoms with Crippen molar-refractivity contribution in [1.29, 1.82) is 0 Å². The molecule has 1 aliphatic heterocycles. The van der Waals surface area contributed by atoms with E-state index in [1.165, 1.54) is 6.07 Å². The number of sulfonamides is 1. The van der Waals surface area contributed by atoms with E-state index in [-0.39, 0.29) is 9.92 Å². The summed E-state index contributed by atoms with van der Waals surface area (Å²) in [4.78, 5) is -0.275. The Morgan fingerprint density at radius 3 is 2.81 bits per heavy atom. The molecule has 2 aromatic carbocycles. The molecule has 2 aromatic rings. The molecule has 0 atom stereocenters. The molecular weight excluding hydrogens is 315 g/mol. The van der Waals surface area contributed by atoms with E-state index in [4.69, 9.17) is 11.6 Å². The Balaban J connectivity index is 1.94. The lowest BCUT2D eigenvalue weighted by Crippen LogP contribution is -2.13. The van der Waals surface area contributed by atoms with Crippen LogP contribution in [0.25, 0.3) is 0 Å². The summed E-state index contributed by atoms with van der Waals surface area (Å²) in [6.07, 6.45) is 0.839. The van der Waals surface area contributed by atoms with Gasteiger partial charge in [0.05, 0.1) is 5.02 Å². The summed E-state index contributed by atoms with van der Waals surface area (Å²) in [5.74, 6) is -0.655. The molecule has 0 saturated heterocycles. The molecule has 0 amide bonds. The second kappa shape index (κ2) is 5.20. The third-order valence-electron chi connectivity index (χ3n) is 3.25. The van der Waals surface area contributed by atoms with Gasteiger partial charge in [0, 0.05) is 17.9 Å². The van der Waals surface area contributed by atoms with Crippen LogP contribution in [0.1, 0.15) is 5.56 Å². The Labute approximate surface area is 127 Å². The van der Waals surface area contributed by atoms with Gasteiger partial charge in [-0.25, -0.2) is 12.8 Å². The van der Waals surface area contributed by atoms with Gasteiger partial charge in [-0.3, -0.25) is 4.72 Å². The Hall–Kier alpha value is -1.79. The third kappa shape index (κ3) is 2.82. The maximum absolute atomic E-state index is 13.2. The second-order valence-electron chi connectivity index (χ2n) is 4.73. The molecule has 110 valence electrons. The average Bonchev–Trinajstić information content (AvgIpc) is 2.88. The van der Waals surface area contributed by atoms with Gasteiger partial charge in [0.15, 0.2) is 0 Å². The Bertz CT molecular complexity index is 809. The number of hydrogen-bond donors (Lipinski definition) is 2. The van der Waals surface area contributed by atoms with Crippen LogP contribution in [-0.4, -0.2) is 15.0 Å². The molecule has 0 fully saturated rings. The minimum Gasteiger partial charge on any atom is -0.384 e. The quantitative estimate of drug-likeness (QED) is 0.910. The molecule has 4 nitrogen and oxygen atoms in total. The standard InChI is InChI=1S/C14H12ClFN2O2S/c15-12-3-1-10(16)8-14(12)21(19,20)18-11-2-4-13-9(7-11)5-6-17-13/h1-4,7-8,17-18H,5-6H2. The molecule has 1 heterocycles. The first-order valence-corrected chi connectivity index (χ1v) is 8.16. The summed E-state index contributed by atoms with van der Waals surface area (Å²) in [7, 11) is -3.93. The summed E-state index contributed by atoms with van der Waals surface area (Å²) in [5, 5.41) is 3.17. The van der Waals surface area contributed by atoms with E-state index in [0.717, 1.165) is 36.3 Å². The van der Waals surface area contributed by atoms with Crippen LogP contribution in [0.3, 0.4) is 0 Å². The van der Waals surface area contributed by atoms with E-state index in [0.29, 0.717) is 5.69 Å². The topological polar surface area (TPSA) is 58.2 Å². The highest BCUT2D eigenvalue weighted by Gasteiger charge is 2.20. The highest BCUT2D eigenvalue weighted by molar-refractivity contribution is 7.92. The van der Waals surface area contributed by atoms with Crippen molar-refractivity contribution in [2.45, 2.75) is 11.3 Å². The zero-order chi connectivity index (χ0) is 15.0. The van der Waals surface area contributed by atoms with E-state index in [1.807, 2.05) is 6.07 Å². The lowest BCUT2D eigenvalue weighted by Gasteiger charge is -2.11. The molecule has 21 heavy (non-hydrogen) atoms. The Morgan fingerprint density at radius 2 is 2.00 bits per heavy atom. The number of halogens is 2. The van der Waals surface area contributed by atoms with E-state index >= 15 is 0 Å². The largest absolute Gasteiger partial charge is 0.384 e. The van der Waals surface area contributed by atoms with Crippen LogP contribution < -0.4 is 10.0 Å². The van der Waals surface area contributed by atoms with Crippen molar-refractivity contribution < 1.29 is 12.8 Å². The van der Waals surface area contributed by atoms with Gasteiger partial charge in [-0.05, 0) is 48.4 Å². The number of benzene rings is 2. The molecule has 0 saturated carbocycles. The molecular formula is C14H12ClFN2O2S. The van der Waals surface area contributed by atoms with Gasteiger partial charge in [-0.2, -0.15) is 0 Å². The van der Waals surface area contributed by atoms with Crippen LogP contribution in [0, 0.1) is 5.82 Å². The van der Waals surface area contributed by atoms with Gasteiger partial charge in [-0.1, -0.05) is 11.6 Å². The molecule has 3 rings (SSSR count). The lowest BCUT2D eigenvalue weighted by atomic mass is 10.1. The van der Waals surface area contributed by atoms with Crippen LogP contribution >= 0.6 is 11.6 Å². The highest BCUT2D eigenvalue weighted by atomic mass is 35.5. The van der Waals surface area contributed by atoms with Gasteiger partial charge < -0.3 is 5.32 Å². The highest BCUT2D eigenvalue weighted by Crippen LogP contribution is 2.28. The smallest absolute Gasteiger partial charge is 0.263 e. The summed E-state index contributed by atoms with van der Waals surface area (Å²) in [5.41, 5.74) is 2.47. The number of rotatable bonds is 3. The van der Waals surface area contributed by atoms with Gasteiger partial charge in [0.2, 0.25) is 0 Å². The molecule has 2 N–H and O–H groups in total. The third-order valence-corrected chi connectivity index (χ3v) is 5.11. The van der Waals surface area contributed by atoms with Crippen LogP contribution in [0.2, 0.25) is 5.02 Å². The monoisotopic (exact) mass is 326 g/mol. The van der Waals surface area contributed by atoms with Gasteiger partial charge >= 0.3 is 0 Å². The molecule has 0 radical (unpaired) electrons. The van der Waals surface area contributed by atoms with Crippen molar-refractivity contribution in [3.05, 3.63) is 52.8 Å². The van der Waals surface area contributed by atoms with Crippen LogP contribution in [-0.2, 0) is 16.4 Å². The first kappa shape index (κ1) is 14.2. The van der Waals surface area contributed by atoms with Crippen LogP contribution in [0.4, 0.5) is 15.8 Å². The predicted molar refractivity (Wildman–Crippen MR) is 80.9 cm³/mol. The van der Waals surface area contributed by atoms with Crippen molar-refractivity contribution >= 4 is 33.0 Å². The molecule has 7 heteroatoms. The summed E-state index contributed by atoms with van der Waals surface area (Å²) < 4.78 is 40.3. The first-order valence-electron chi connectivity index (χ1n) is 6.30. The van der Waals surface area contributed by atoms with Crippen molar-refractivity contribution in [3.63, 3.8) is 0 Å². The number of anilines is 2. The summed E-state index contributed by atoms with van der Waals surface area (Å²) in [6.45, 7) is 0.835. The lowest BCUT2D eigenvalue weighted by molar-refractivity contribution is 0.595. The zero-order valence-electron chi connectivity index (χ0n) is 10.9. The molecule has 0 bridgehead atoms. The van der Waals surface area contributed by atoms with Gasteiger partial charge in [0.25, 0.3) is 10.0 Å². The average molecular weight is 327 g/mol. The van der Waals surface area contributed by atoms with Crippen molar-refractivity contribution in [1.82, 2.24) is 0 Å². The fourth-order valence-corrected chi connectivity index (χ4v) is 3.82. The van der Waals surface area contributed by atoms with Crippen LogP contribution in [0.15, 0.2) is 41.3 Å². The van der Waals surface area contributed by atoms with E-state index in [2.05, 4.69) is 10.0 Å². The fourth-order valence-electron chi connectivity index (χ4n) is 2.26. The molecule has 0 spiro atoms. The number of nitrogens with one attached hydrogen (secondary N) is 2. The number of hydrogen-bond acceptors (Lipinski definition) is 3. The summed E-state index contributed by atoms with van der Waals surface area (Å²) in [6, 6.07) is 8.47. The Kier molecular flexibility index (Phi) is 3.51. The Morgan fingerprint density at radius 1 is 1.19 bits per heavy atom. The second-order valence-corrected chi connectivity index (χ2v) is 6.79. The molecule has 1 aliphatic rings.